The lowest BCUT2D eigenvalue weighted by Crippen LogP contribution is -2.35. The summed E-state index contributed by atoms with van der Waals surface area (Å²) < 4.78 is 5.38. The number of hydrogen-bond acceptors (Lipinski definition) is 5. The summed E-state index contributed by atoms with van der Waals surface area (Å²) >= 11 is 0. The van der Waals surface area contributed by atoms with Crippen LogP contribution < -0.4 is 5.73 Å². The highest BCUT2D eigenvalue weighted by atomic mass is 16.5. The molecule has 0 bridgehead atoms. The molecule has 2 aromatic heterocycles. The smallest absolute Gasteiger partial charge is 0.247 e. The number of nitrogens with two attached hydrogens (primary N) is 1. The Balaban J connectivity index is 2.01. The summed E-state index contributed by atoms with van der Waals surface area (Å²) in [6.45, 7) is 4.05. The van der Waals surface area contributed by atoms with Crippen molar-refractivity contribution in [1.29, 1.82) is 0 Å². The van der Waals surface area contributed by atoms with Gasteiger partial charge in [-0.1, -0.05) is 25.1 Å². The molecule has 3 rings (SSSR count). The molecule has 0 atom stereocenters. The maximum absolute atomic E-state index is 6.29. The SMILES string of the molecule is CCC(N)(CC)c1nc(-c2ccc3ncccc3c2)no1. The molecule has 5 nitrogen and oxygen atoms in total. The van der Waals surface area contributed by atoms with Crippen LogP contribution in [0.5, 0.6) is 0 Å². The standard InChI is InChI=1S/C16H18N4O/c1-3-16(17,4-2)15-19-14(20-21-15)12-7-8-13-11(10-12)6-5-9-18-13/h5-10H,3-4,17H2,1-2H3. The van der Waals surface area contributed by atoms with E-state index < -0.39 is 5.54 Å². The third kappa shape index (κ3) is 2.40. The zero-order valence-electron chi connectivity index (χ0n) is 12.2. The van der Waals surface area contributed by atoms with Crippen LogP contribution in [0, 0.1) is 0 Å². The molecule has 0 saturated heterocycles. The molecule has 108 valence electrons. The molecule has 0 saturated carbocycles. The second-order valence-electron chi connectivity index (χ2n) is 5.20. The van der Waals surface area contributed by atoms with Gasteiger partial charge in [-0.3, -0.25) is 4.98 Å². The van der Waals surface area contributed by atoms with Crippen LogP contribution in [-0.4, -0.2) is 15.1 Å². The molecule has 0 aliphatic heterocycles. The van der Waals surface area contributed by atoms with Crippen LogP contribution in [0.4, 0.5) is 0 Å². The van der Waals surface area contributed by atoms with Crippen LogP contribution in [0.15, 0.2) is 41.1 Å². The van der Waals surface area contributed by atoms with E-state index in [0.29, 0.717) is 11.7 Å². The second kappa shape index (κ2) is 5.26. The van der Waals surface area contributed by atoms with Crippen molar-refractivity contribution in [1.82, 2.24) is 15.1 Å². The minimum absolute atomic E-state index is 0.494. The van der Waals surface area contributed by atoms with E-state index in [1.807, 2.05) is 44.2 Å². The molecule has 0 aliphatic carbocycles. The summed E-state index contributed by atoms with van der Waals surface area (Å²) in [5.41, 5.74) is 7.59. The van der Waals surface area contributed by atoms with Gasteiger partial charge >= 0.3 is 0 Å². The molecule has 0 radical (unpaired) electrons. The van der Waals surface area contributed by atoms with Crippen molar-refractivity contribution in [3.63, 3.8) is 0 Å². The molecular weight excluding hydrogens is 264 g/mol. The van der Waals surface area contributed by atoms with E-state index in [1.165, 1.54) is 0 Å². The first-order chi connectivity index (χ1) is 10.2. The average Bonchev–Trinajstić information content (AvgIpc) is 3.04. The Morgan fingerprint density at radius 2 is 2.00 bits per heavy atom. The quantitative estimate of drug-likeness (QED) is 0.794. The Morgan fingerprint density at radius 1 is 1.19 bits per heavy atom. The molecule has 0 spiro atoms. The van der Waals surface area contributed by atoms with Gasteiger partial charge < -0.3 is 10.3 Å². The maximum atomic E-state index is 6.29. The predicted octanol–water partition coefficient (Wildman–Crippen LogP) is 3.26. The maximum Gasteiger partial charge on any atom is 0.247 e. The first kappa shape index (κ1) is 13.7. The van der Waals surface area contributed by atoms with Crippen molar-refractivity contribution in [2.24, 2.45) is 5.73 Å². The fourth-order valence-electron chi connectivity index (χ4n) is 2.31. The molecule has 0 unspecified atom stereocenters. The van der Waals surface area contributed by atoms with Crippen LogP contribution in [0.1, 0.15) is 32.6 Å². The van der Waals surface area contributed by atoms with E-state index in [4.69, 9.17) is 10.3 Å². The molecule has 1 aromatic carbocycles. The van der Waals surface area contributed by atoms with Crippen molar-refractivity contribution in [2.45, 2.75) is 32.2 Å². The van der Waals surface area contributed by atoms with Crippen molar-refractivity contribution < 1.29 is 4.52 Å². The lowest BCUT2D eigenvalue weighted by molar-refractivity contribution is 0.268. The molecule has 2 heterocycles. The van der Waals surface area contributed by atoms with Crippen LogP contribution in [-0.2, 0) is 5.54 Å². The topological polar surface area (TPSA) is 77.8 Å². The lowest BCUT2D eigenvalue weighted by atomic mass is 9.94. The molecule has 2 N–H and O–H groups in total. The van der Waals surface area contributed by atoms with Gasteiger partial charge in [-0.05, 0) is 37.1 Å². The number of fused-ring (bicyclic) bond motifs is 1. The molecular formula is C16H18N4O. The van der Waals surface area contributed by atoms with Gasteiger partial charge in [-0.2, -0.15) is 4.98 Å². The molecule has 5 heteroatoms. The van der Waals surface area contributed by atoms with Gasteiger partial charge in [0.1, 0.15) is 0 Å². The van der Waals surface area contributed by atoms with E-state index in [2.05, 4.69) is 15.1 Å². The van der Waals surface area contributed by atoms with E-state index in [0.717, 1.165) is 29.3 Å². The fourth-order valence-corrected chi connectivity index (χ4v) is 2.31. The number of rotatable bonds is 4. The number of nitrogens with zero attached hydrogens (tertiary/aromatic N) is 3. The van der Waals surface area contributed by atoms with Crippen LogP contribution in [0.25, 0.3) is 22.3 Å². The Labute approximate surface area is 123 Å². The Kier molecular flexibility index (Phi) is 3.43. The number of benzene rings is 1. The van der Waals surface area contributed by atoms with E-state index in [1.54, 1.807) is 6.20 Å². The van der Waals surface area contributed by atoms with Gasteiger partial charge in [0.25, 0.3) is 0 Å². The number of hydrogen-bond donors (Lipinski definition) is 1. The van der Waals surface area contributed by atoms with E-state index >= 15 is 0 Å². The van der Waals surface area contributed by atoms with Gasteiger partial charge in [-0.15, -0.1) is 0 Å². The Hall–Kier alpha value is -2.27. The van der Waals surface area contributed by atoms with Crippen molar-refractivity contribution in [2.75, 3.05) is 0 Å². The summed E-state index contributed by atoms with van der Waals surface area (Å²) in [4.78, 5) is 8.78. The van der Waals surface area contributed by atoms with Gasteiger partial charge in [0, 0.05) is 17.1 Å². The highest BCUT2D eigenvalue weighted by Gasteiger charge is 2.30. The van der Waals surface area contributed by atoms with Gasteiger partial charge in [-0.25, -0.2) is 0 Å². The first-order valence-corrected chi connectivity index (χ1v) is 7.14. The molecule has 0 amide bonds. The Bertz CT molecular complexity index is 762. The monoisotopic (exact) mass is 282 g/mol. The molecule has 3 aromatic rings. The summed E-state index contributed by atoms with van der Waals surface area (Å²) in [6, 6.07) is 9.83. The van der Waals surface area contributed by atoms with Crippen LogP contribution >= 0.6 is 0 Å². The van der Waals surface area contributed by atoms with Crippen molar-refractivity contribution in [3.05, 3.63) is 42.4 Å². The van der Waals surface area contributed by atoms with Crippen molar-refractivity contribution >= 4 is 10.9 Å². The highest BCUT2D eigenvalue weighted by molar-refractivity contribution is 5.82. The predicted molar refractivity (Wildman–Crippen MR) is 81.5 cm³/mol. The summed E-state index contributed by atoms with van der Waals surface area (Å²) in [7, 11) is 0. The van der Waals surface area contributed by atoms with Gasteiger partial charge in [0.15, 0.2) is 0 Å². The van der Waals surface area contributed by atoms with E-state index in [9.17, 15) is 0 Å². The lowest BCUT2D eigenvalue weighted by Gasteiger charge is -2.20. The molecule has 0 fully saturated rings. The normalized spacial score (nSPS) is 12.0. The zero-order valence-corrected chi connectivity index (χ0v) is 12.2. The minimum atomic E-state index is -0.552. The Morgan fingerprint density at radius 3 is 2.76 bits per heavy atom. The van der Waals surface area contributed by atoms with Crippen LogP contribution in [0.3, 0.4) is 0 Å². The minimum Gasteiger partial charge on any atom is -0.337 e. The number of aromatic nitrogens is 3. The fraction of sp³-hybridized carbons (Fsp3) is 0.312. The third-order valence-corrected chi connectivity index (χ3v) is 3.97. The summed E-state index contributed by atoms with van der Waals surface area (Å²) in [6.07, 6.45) is 3.29. The van der Waals surface area contributed by atoms with Gasteiger partial charge in [0.05, 0.1) is 11.1 Å². The van der Waals surface area contributed by atoms with E-state index in [-0.39, 0.29) is 0 Å². The third-order valence-electron chi connectivity index (χ3n) is 3.97. The molecule has 0 aliphatic rings. The largest absolute Gasteiger partial charge is 0.337 e. The summed E-state index contributed by atoms with van der Waals surface area (Å²) in [5, 5.41) is 5.12. The van der Waals surface area contributed by atoms with Gasteiger partial charge in [0.2, 0.25) is 11.7 Å². The second-order valence-corrected chi connectivity index (χ2v) is 5.20. The zero-order chi connectivity index (χ0) is 14.9. The number of pyridine rings is 1. The molecule has 21 heavy (non-hydrogen) atoms. The van der Waals surface area contributed by atoms with Crippen LogP contribution in [0.2, 0.25) is 0 Å². The van der Waals surface area contributed by atoms with Crippen molar-refractivity contribution in [3.8, 4) is 11.4 Å². The summed E-state index contributed by atoms with van der Waals surface area (Å²) in [5.74, 6) is 1.06. The highest BCUT2D eigenvalue weighted by Crippen LogP contribution is 2.27. The first-order valence-electron chi connectivity index (χ1n) is 7.14. The average molecular weight is 282 g/mol.